The Morgan fingerprint density at radius 1 is 1.03 bits per heavy atom. The Bertz CT molecular complexity index is 1240. The number of amides is 2. The Kier molecular flexibility index (Phi) is 11.5. The van der Waals surface area contributed by atoms with Gasteiger partial charge in [0.2, 0.25) is 21.8 Å². The van der Waals surface area contributed by atoms with E-state index in [1.165, 1.54) is 31.3 Å². The molecule has 0 radical (unpaired) electrons. The van der Waals surface area contributed by atoms with Gasteiger partial charge in [0.15, 0.2) is 0 Å². The highest BCUT2D eigenvalue weighted by atomic mass is 35.5. The van der Waals surface area contributed by atoms with Crippen LogP contribution in [-0.2, 0) is 26.2 Å². The summed E-state index contributed by atoms with van der Waals surface area (Å²) in [5.74, 6) is -0.271. The third-order valence-corrected chi connectivity index (χ3v) is 7.79. The van der Waals surface area contributed by atoms with Gasteiger partial charge in [0.05, 0.1) is 26.2 Å². The average molecular weight is 589 g/mol. The molecule has 0 unspecified atom stereocenters. The Morgan fingerprint density at radius 3 is 2.24 bits per heavy atom. The van der Waals surface area contributed by atoms with Crippen molar-refractivity contribution in [2.75, 3.05) is 31.3 Å². The number of hydrogen-bond donors (Lipinski definition) is 1. The van der Waals surface area contributed by atoms with Crippen LogP contribution in [0.2, 0.25) is 10.0 Å². The molecule has 0 saturated heterocycles. The zero-order valence-electron chi connectivity index (χ0n) is 22.5. The molecule has 2 rings (SSSR count). The number of sulfonamides is 1. The first-order chi connectivity index (χ1) is 17.9. The third kappa shape index (κ3) is 8.15. The predicted octanol–water partition coefficient (Wildman–Crippen LogP) is 4.50. The van der Waals surface area contributed by atoms with Crippen LogP contribution >= 0.6 is 23.2 Å². The summed E-state index contributed by atoms with van der Waals surface area (Å²) in [4.78, 5) is 28.4. The van der Waals surface area contributed by atoms with Crippen LogP contribution in [-0.4, -0.2) is 64.2 Å². The van der Waals surface area contributed by atoms with Crippen molar-refractivity contribution < 1.29 is 27.5 Å². The maximum absolute atomic E-state index is 13.8. The van der Waals surface area contributed by atoms with Crippen molar-refractivity contribution in [2.24, 2.45) is 0 Å². The number of nitrogens with zero attached hydrogens (tertiary/aromatic N) is 2. The SMILES string of the molecule is CC[C@H](C(=O)N[C@@H](C)CC)N(Cc1ccc(Cl)cc1Cl)C(=O)CN(c1ccc(OC)cc1OC)S(C)(=O)=O. The van der Waals surface area contributed by atoms with Crippen molar-refractivity contribution in [1.82, 2.24) is 10.2 Å². The number of nitrogens with one attached hydrogen (secondary N) is 1. The van der Waals surface area contributed by atoms with Gasteiger partial charge in [-0.1, -0.05) is 43.1 Å². The van der Waals surface area contributed by atoms with Crippen LogP contribution in [0, 0.1) is 0 Å². The number of carbonyl (C=O) groups excluding carboxylic acids is 2. The zero-order valence-corrected chi connectivity index (χ0v) is 24.8. The smallest absolute Gasteiger partial charge is 0.244 e. The second-order valence-electron chi connectivity index (χ2n) is 8.81. The fourth-order valence-corrected chi connectivity index (χ4v) is 5.10. The summed E-state index contributed by atoms with van der Waals surface area (Å²) in [6.07, 6.45) is 2.00. The number of halogens is 2. The Labute approximate surface area is 235 Å². The summed E-state index contributed by atoms with van der Waals surface area (Å²) in [7, 11) is -1.08. The van der Waals surface area contributed by atoms with Crippen molar-refractivity contribution >= 4 is 50.7 Å². The quantitative estimate of drug-likeness (QED) is 0.370. The number of hydrogen-bond acceptors (Lipinski definition) is 6. The van der Waals surface area contributed by atoms with E-state index in [1.807, 2.05) is 13.8 Å². The zero-order chi connectivity index (χ0) is 28.6. The van der Waals surface area contributed by atoms with Gasteiger partial charge < -0.3 is 19.7 Å². The maximum atomic E-state index is 13.8. The number of anilines is 1. The fourth-order valence-electron chi connectivity index (χ4n) is 3.78. The lowest BCUT2D eigenvalue weighted by Gasteiger charge is -2.33. The van der Waals surface area contributed by atoms with Gasteiger partial charge in [0.25, 0.3) is 0 Å². The third-order valence-electron chi connectivity index (χ3n) is 6.08. The minimum absolute atomic E-state index is 0.0291. The molecule has 0 heterocycles. The summed E-state index contributed by atoms with van der Waals surface area (Å²) in [6, 6.07) is 8.47. The molecule has 38 heavy (non-hydrogen) atoms. The van der Waals surface area contributed by atoms with E-state index in [-0.39, 0.29) is 29.9 Å². The molecule has 0 saturated carbocycles. The average Bonchev–Trinajstić information content (AvgIpc) is 2.87. The monoisotopic (exact) mass is 587 g/mol. The first-order valence-corrected chi connectivity index (χ1v) is 14.7. The maximum Gasteiger partial charge on any atom is 0.244 e. The minimum Gasteiger partial charge on any atom is -0.497 e. The first kappa shape index (κ1) is 31.5. The van der Waals surface area contributed by atoms with Crippen LogP contribution in [0.15, 0.2) is 36.4 Å². The number of methoxy groups -OCH3 is 2. The van der Waals surface area contributed by atoms with Crippen molar-refractivity contribution in [3.8, 4) is 11.5 Å². The van der Waals surface area contributed by atoms with Gasteiger partial charge in [-0.05, 0) is 49.6 Å². The highest BCUT2D eigenvalue weighted by Crippen LogP contribution is 2.34. The number of ether oxygens (including phenoxy) is 2. The highest BCUT2D eigenvalue weighted by molar-refractivity contribution is 7.92. The van der Waals surface area contributed by atoms with Crippen molar-refractivity contribution in [2.45, 2.75) is 52.2 Å². The van der Waals surface area contributed by atoms with E-state index in [9.17, 15) is 18.0 Å². The number of carbonyl (C=O) groups is 2. The Hall–Kier alpha value is -2.69. The molecule has 0 aliphatic heterocycles. The van der Waals surface area contributed by atoms with Crippen LogP contribution < -0.4 is 19.1 Å². The van der Waals surface area contributed by atoms with Crippen LogP contribution in [0.25, 0.3) is 0 Å². The molecular weight excluding hydrogens is 553 g/mol. The van der Waals surface area contributed by atoms with Gasteiger partial charge in [0.1, 0.15) is 24.1 Å². The van der Waals surface area contributed by atoms with E-state index in [1.54, 1.807) is 31.2 Å². The van der Waals surface area contributed by atoms with E-state index in [0.29, 0.717) is 34.2 Å². The fraction of sp³-hybridized carbons (Fsp3) is 0.462. The lowest BCUT2D eigenvalue weighted by molar-refractivity contribution is -0.140. The molecule has 2 amide bonds. The van der Waals surface area contributed by atoms with Gasteiger partial charge in [-0.3, -0.25) is 13.9 Å². The highest BCUT2D eigenvalue weighted by Gasteiger charge is 2.33. The standard InChI is InChI=1S/C26H35Cl2N3O6S/c1-7-17(3)29-26(33)22(8-2)30(15-18-9-10-19(27)13-21(18)28)25(32)16-31(38(6,34)35)23-12-11-20(36-4)14-24(23)37-5/h9-14,17,22H,7-8,15-16H2,1-6H3,(H,29,33)/t17-,22+/m0/s1. The van der Waals surface area contributed by atoms with Crippen molar-refractivity contribution in [3.63, 3.8) is 0 Å². The summed E-state index contributed by atoms with van der Waals surface area (Å²) >= 11 is 12.4. The predicted molar refractivity (Wildman–Crippen MR) is 151 cm³/mol. The molecule has 210 valence electrons. The van der Waals surface area contributed by atoms with E-state index in [0.717, 1.165) is 10.6 Å². The van der Waals surface area contributed by atoms with E-state index in [4.69, 9.17) is 32.7 Å². The lowest BCUT2D eigenvalue weighted by atomic mass is 10.1. The van der Waals surface area contributed by atoms with Gasteiger partial charge in [-0.25, -0.2) is 8.42 Å². The molecular formula is C26H35Cl2N3O6S. The Morgan fingerprint density at radius 2 is 1.71 bits per heavy atom. The lowest BCUT2D eigenvalue weighted by Crippen LogP contribution is -2.53. The molecule has 0 bridgehead atoms. The molecule has 9 nitrogen and oxygen atoms in total. The summed E-state index contributed by atoms with van der Waals surface area (Å²) < 4.78 is 37.3. The Balaban J connectivity index is 2.54. The minimum atomic E-state index is -3.94. The molecule has 2 aromatic rings. The van der Waals surface area contributed by atoms with Crippen LogP contribution in [0.1, 0.15) is 39.2 Å². The summed E-state index contributed by atoms with van der Waals surface area (Å²) in [5, 5.41) is 3.67. The molecule has 12 heteroatoms. The van der Waals surface area contributed by atoms with Gasteiger partial charge in [-0.2, -0.15) is 0 Å². The second-order valence-corrected chi connectivity index (χ2v) is 11.6. The largest absolute Gasteiger partial charge is 0.497 e. The molecule has 2 atom stereocenters. The summed E-state index contributed by atoms with van der Waals surface area (Å²) in [6.45, 7) is 4.99. The van der Waals surface area contributed by atoms with Gasteiger partial charge in [-0.15, -0.1) is 0 Å². The molecule has 0 fully saturated rings. The van der Waals surface area contributed by atoms with Gasteiger partial charge >= 0.3 is 0 Å². The number of benzene rings is 2. The number of rotatable bonds is 13. The van der Waals surface area contributed by atoms with Gasteiger partial charge in [0, 0.05) is 28.7 Å². The molecule has 0 aliphatic carbocycles. The van der Waals surface area contributed by atoms with Crippen molar-refractivity contribution in [3.05, 3.63) is 52.0 Å². The van der Waals surface area contributed by atoms with E-state index in [2.05, 4.69) is 5.32 Å². The van der Waals surface area contributed by atoms with E-state index < -0.39 is 28.5 Å². The molecule has 0 aromatic heterocycles. The van der Waals surface area contributed by atoms with Crippen LogP contribution in [0.5, 0.6) is 11.5 Å². The molecule has 2 aromatic carbocycles. The molecule has 0 aliphatic rings. The van der Waals surface area contributed by atoms with E-state index >= 15 is 0 Å². The first-order valence-electron chi connectivity index (χ1n) is 12.1. The summed E-state index contributed by atoms with van der Waals surface area (Å²) in [5.41, 5.74) is 0.720. The van der Waals surface area contributed by atoms with Crippen molar-refractivity contribution in [1.29, 1.82) is 0 Å². The normalized spacial score (nSPS) is 12.8. The molecule has 1 N–H and O–H groups in total. The van der Waals surface area contributed by atoms with Crippen LogP contribution in [0.3, 0.4) is 0 Å². The topological polar surface area (TPSA) is 105 Å². The second kappa shape index (κ2) is 13.9. The van der Waals surface area contributed by atoms with Crippen LogP contribution in [0.4, 0.5) is 5.69 Å². The molecule has 0 spiro atoms.